The Morgan fingerprint density at radius 2 is 2.16 bits per heavy atom. The number of carbonyl (C=O) groups excluding carboxylic acids is 1. The van der Waals surface area contributed by atoms with Crippen LogP contribution in [0.2, 0.25) is 0 Å². The largest absolute Gasteiger partial charge is 0.497 e. The summed E-state index contributed by atoms with van der Waals surface area (Å²) in [6.07, 6.45) is 0.401. The lowest BCUT2D eigenvalue weighted by atomic mass is 9.98. The molecule has 3 aromatic rings. The van der Waals surface area contributed by atoms with E-state index >= 15 is 0 Å². The van der Waals surface area contributed by atoms with Gasteiger partial charge in [-0.05, 0) is 48.7 Å². The van der Waals surface area contributed by atoms with Gasteiger partial charge in [0.15, 0.2) is 0 Å². The third-order valence-corrected chi connectivity index (χ3v) is 5.21. The van der Waals surface area contributed by atoms with Crippen LogP contribution >= 0.6 is 0 Å². The molecule has 0 radical (unpaired) electrons. The van der Waals surface area contributed by atoms with Crippen molar-refractivity contribution in [3.63, 3.8) is 0 Å². The molecule has 25 heavy (non-hydrogen) atoms. The van der Waals surface area contributed by atoms with Crippen LogP contribution in [0.4, 0.5) is 0 Å². The highest BCUT2D eigenvalue weighted by atomic mass is 16.5. The zero-order chi connectivity index (χ0) is 17.1. The number of aryl methyl sites for hydroxylation is 1. The lowest BCUT2D eigenvalue weighted by Gasteiger charge is -2.40. The number of H-pyrrole nitrogens is 1. The fourth-order valence-electron chi connectivity index (χ4n) is 3.93. The maximum Gasteiger partial charge on any atom is 0.260 e. The van der Waals surface area contributed by atoms with Crippen LogP contribution in [-0.2, 0) is 6.42 Å². The lowest BCUT2D eigenvalue weighted by molar-refractivity contribution is 0.00162. The molecule has 5 nitrogen and oxygen atoms in total. The molecule has 0 spiro atoms. The summed E-state index contributed by atoms with van der Waals surface area (Å²) in [4.78, 5) is 18.2. The molecule has 1 aromatic heterocycles. The fourth-order valence-corrected chi connectivity index (χ4v) is 3.93. The SMILES string of the molecule is COc1ccc2[nH]c3c(c2c1)CCN1C(=O)c2cccc(C)c2OC31. The van der Waals surface area contributed by atoms with E-state index < -0.39 is 6.23 Å². The third kappa shape index (κ3) is 1.92. The number of methoxy groups -OCH3 is 1. The summed E-state index contributed by atoms with van der Waals surface area (Å²) in [5.41, 5.74) is 4.85. The van der Waals surface area contributed by atoms with E-state index in [2.05, 4.69) is 4.98 Å². The molecule has 0 aliphatic carbocycles. The molecule has 5 rings (SSSR count). The van der Waals surface area contributed by atoms with Crippen molar-refractivity contribution in [2.75, 3.05) is 13.7 Å². The number of carbonyl (C=O) groups is 1. The molecular weight excluding hydrogens is 316 g/mol. The average molecular weight is 334 g/mol. The van der Waals surface area contributed by atoms with Gasteiger partial charge in [-0.3, -0.25) is 9.69 Å². The molecule has 0 fully saturated rings. The Morgan fingerprint density at radius 1 is 1.28 bits per heavy atom. The number of aromatic amines is 1. The predicted octanol–water partition coefficient (Wildman–Crippen LogP) is 3.57. The second kappa shape index (κ2) is 5.02. The van der Waals surface area contributed by atoms with Crippen LogP contribution in [0, 0.1) is 6.92 Å². The first kappa shape index (κ1) is 14.4. The Bertz CT molecular complexity index is 1020. The highest BCUT2D eigenvalue weighted by Crippen LogP contribution is 2.42. The Kier molecular flexibility index (Phi) is 2.89. The number of aromatic nitrogens is 1. The summed E-state index contributed by atoms with van der Waals surface area (Å²) in [6.45, 7) is 2.62. The van der Waals surface area contributed by atoms with Crippen LogP contribution in [0.1, 0.15) is 33.4 Å². The Morgan fingerprint density at radius 3 is 3.00 bits per heavy atom. The molecule has 3 heterocycles. The van der Waals surface area contributed by atoms with E-state index in [0.717, 1.165) is 34.3 Å². The van der Waals surface area contributed by atoms with Gasteiger partial charge in [-0.15, -0.1) is 0 Å². The van der Waals surface area contributed by atoms with Crippen molar-refractivity contribution in [1.82, 2.24) is 9.88 Å². The normalized spacial score (nSPS) is 18.4. The zero-order valence-corrected chi connectivity index (χ0v) is 14.1. The van der Waals surface area contributed by atoms with Crippen molar-refractivity contribution >= 4 is 16.8 Å². The minimum atomic E-state index is -0.400. The number of amides is 1. The highest BCUT2D eigenvalue weighted by molar-refractivity contribution is 5.99. The van der Waals surface area contributed by atoms with Gasteiger partial charge in [0.05, 0.1) is 18.4 Å². The van der Waals surface area contributed by atoms with E-state index in [1.807, 2.05) is 48.2 Å². The van der Waals surface area contributed by atoms with Gasteiger partial charge in [0.2, 0.25) is 6.23 Å². The number of hydrogen-bond acceptors (Lipinski definition) is 3. The first-order valence-electron chi connectivity index (χ1n) is 8.43. The molecule has 1 N–H and O–H groups in total. The van der Waals surface area contributed by atoms with Crippen molar-refractivity contribution < 1.29 is 14.3 Å². The second-order valence-corrected chi connectivity index (χ2v) is 6.60. The number of para-hydroxylation sites is 1. The maximum absolute atomic E-state index is 12.9. The van der Waals surface area contributed by atoms with E-state index in [9.17, 15) is 4.79 Å². The number of nitrogens with one attached hydrogen (secondary N) is 1. The quantitative estimate of drug-likeness (QED) is 0.740. The van der Waals surface area contributed by atoms with Crippen molar-refractivity contribution in [2.45, 2.75) is 19.6 Å². The van der Waals surface area contributed by atoms with Crippen LogP contribution in [0.15, 0.2) is 36.4 Å². The molecular formula is C20H18N2O3. The van der Waals surface area contributed by atoms with E-state index in [0.29, 0.717) is 17.9 Å². The van der Waals surface area contributed by atoms with Gasteiger partial charge in [-0.1, -0.05) is 12.1 Å². The molecule has 126 valence electrons. The van der Waals surface area contributed by atoms with Gasteiger partial charge in [0.25, 0.3) is 5.91 Å². The molecule has 0 saturated heterocycles. The van der Waals surface area contributed by atoms with Crippen LogP contribution in [0.5, 0.6) is 11.5 Å². The predicted molar refractivity (Wildman–Crippen MR) is 94.1 cm³/mol. The topological polar surface area (TPSA) is 54.6 Å². The number of rotatable bonds is 1. The van der Waals surface area contributed by atoms with Crippen molar-refractivity contribution in [2.24, 2.45) is 0 Å². The minimum absolute atomic E-state index is 0.0387. The Balaban J connectivity index is 1.68. The number of ether oxygens (including phenoxy) is 2. The lowest BCUT2D eigenvalue weighted by Crippen LogP contribution is -2.45. The zero-order valence-electron chi connectivity index (χ0n) is 14.1. The van der Waals surface area contributed by atoms with Crippen molar-refractivity contribution in [3.8, 4) is 11.5 Å². The van der Waals surface area contributed by atoms with E-state index in [1.165, 1.54) is 5.56 Å². The van der Waals surface area contributed by atoms with E-state index in [-0.39, 0.29) is 5.91 Å². The standard InChI is InChI=1S/C20H18N2O3/c1-11-4-3-5-14-18(11)25-20-17-13(8-9-22(20)19(14)23)15-10-12(24-2)6-7-16(15)21-17/h3-7,10,20-21H,8-9H2,1-2H3. The summed E-state index contributed by atoms with van der Waals surface area (Å²) < 4.78 is 11.7. The van der Waals surface area contributed by atoms with Gasteiger partial charge in [0, 0.05) is 17.4 Å². The molecule has 2 aromatic carbocycles. The van der Waals surface area contributed by atoms with Crippen LogP contribution in [0.25, 0.3) is 10.9 Å². The Hall–Kier alpha value is -2.95. The second-order valence-electron chi connectivity index (χ2n) is 6.60. The molecule has 1 atom stereocenters. The fraction of sp³-hybridized carbons (Fsp3) is 0.250. The highest BCUT2D eigenvalue weighted by Gasteiger charge is 2.40. The molecule has 1 amide bonds. The van der Waals surface area contributed by atoms with Gasteiger partial charge in [0.1, 0.15) is 11.5 Å². The average Bonchev–Trinajstić information content (AvgIpc) is 3.01. The summed E-state index contributed by atoms with van der Waals surface area (Å²) in [5.74, 6) is 1.56. The summed E-state index contributed by atoms with van der Waals surface area (Å²) in [5, 5.41) is 1.14. The first-order valence-corrected chi connectivity index (χ1v) is 8.43. The number of hydrogen-bond donors (Lipinski definition) is 1. The van der Waals surface area contributed by atoms with Gasteiger partial charge in [-0.2, -0.15) is 0 Å². The van der Waals surface area contributed by atoms with Crippen LogP contribution < -0.4 is 9.47 Å². The third-order valence-electron chi connectivity index (χ3n) is 5.21. The van der Waals surface area contributed by atoms with Crippen LogP contribution in [0.3, 0.4) is 0 Å². The summed E-state index contributed by atoms with van der Waals surface area (Å²) in [6, 6.07) is 11.7. The molecule has 2 aliphatic heterocycles. The maximum atomic E-state index is 12.9. The summed E-state index contributed by atoms with van der Waals surface area (Å²) in [7, 11) is 1.67. The van der Waals surface area contributed by atoms with Crippen molar-refractivity contribution in [1.29, 1.82) is 0 Å². The number of fused-ring (bicyclic) bond motifs is 6. The molecule has 2 aliphatic rings. The van der Waals surface area contributed by atoms with Crippen molar-refractivity contribution in [3.05, 3.63) is 58.8 Å². The number of benzene rings is 2. The molecule has 1 unspecified atom stereocenters. The molecule has 0 saturated carbocycles. The van der Waals surface area contributed by atoms with Gasteiger partial charge < -0.3 is 14.5 Å². The minimum Gasteiger partial charge on any atom is -0.497 e. The van der Waals surface area contributed by atoms with E-state index in [1.54, 1.807) is 7.11 Å². The van der Waals surface area contributed by atoms with Gasteiger partial charge >= 0.3 is 0 Å². The molecule has 5 heteroatoms. The van der Waals surface area contributed by atoms with Crippen LogP contribution in [-0.4, -0.2) is 29.4 Å². The van der Waals surface area contributed by atoms with E-state index in [4.69, 9.17) is 9.47 Å². The first-order chi connectivity index (χ1) is 12.2. The van der Waals surface area contributed by atoms with Gasteiger partial charge in [-0.25, -0.2) is 0 Å². The Labute approximate surface area is 145 Å². The molecule has 0 bridgehead atoms. The smallest absolute Gasteiger partial charge is 0.260 e. The monoisotopic (exact) mass is 334 g/mol. The summed E-state index contributed by atoms with van der Waals surface area (Å²) >= 11 is 0. The number of nitrogens with zero attached hydrogens (tertiary/aromatic N) is 1.